The molecule has 2 fully saturated rings. The van der Waals surface area contributed by atoms with Crippen molar-refractivity contribution in [3.63, 3.8) is 0 Å². The van der Waals surface area contributed by atoms with Crippen LogP contribution in [0, 0.1) is 5.92 Å². The molecule has 1 saturated carbocycles. The van der Waals surface area contributed by atoms with Crippen molar-refractivity contribution in [3.05, 3.63) is 23.8 Å². The van der Waals surface area contributed by atoms with Crippen molar-refractivity contribution in [3.8, 4) is 11.5 Å². The fourth-order valence-corrected chi connectivity index (χ4v) is 3.43. The highest BCUT2D eigenvalue weighted by atomic mass is 35.5. The molecule has 0 bridgehead atoms. The molecule has 0 spiro atoms. The van der Waals surface area contributed by atoms with Crippen molar-refractivity contribution in [2.24, 2.45) is 5.92 Å². The van der Waals surface area contributed by atoms with Crippen LogP contribution in [-0.2, 0) is 0 Å². The van der Waals surface area contributed by atoms with Crippen molar-refractivity contribution in [1.82, 2.24) is 10.2 Å². The van der Waals surface area contributed by atoms with Gasteiger partial charge in [-0.3, -0.25) is 4.90 Å². The standard InChI is InChI=1S/C16H21F3N2O2.ClH/c17-16(18,19)23-12-4-5-14(22)13(10-12)15(11-2-1-3-11)21-8-6-20-7-9-21;/h4-5,10-11,15,20,22H,1-3,6-9H2;1H/t15-;/m1./s1. The maximum Gasteiger partial charge on any atom is 0.573 e. The first kappa shape index (κ1) is 19.1. The van der Waals surface area contributed by atoms with Crippen LogP contribution in [0.15, 0.2) is 18.2 Å². The van der Waals surface area contributed by atoms with Crippen LogP contribution in [0.25, 0.3) is 0 Å². The van der Waals surface area contributed by atoms with Gasteiger partial charge in [-0.25, -0.2) is 0 Å². The van der Waals surface area contributed by atoms with Gasteiger partial charge in [0.05, 0.1) is 0 Å². The quantitative estimate of drug-likeness (QED) is 0.856. The topological polar surface area (TPSA) is 44.7 Å². The SMILES string of the molecule is Cl.Oc1ccc(OC(F)(F)F)cc1[C@@H](C1CCC1)N1CCNCC1. The van der Waals surface area contributed by atoms with Crippen molar-refractivity contribution < 1.29 is 23.0 Å². The highest BCUT2D eigenvalue weighted by Gasteiger charge is 2.36. The normalized spacial score (nSPS) is 20.8. The predicted octanol–water partition coefficient (Wildman–Crippen LogP) is 3.46. The number of piperazine rings is 1. The average molecular weight is 367 g/mol. The van der Waals surface area contributed by atoms with Crippen LogP contribution in [-0.4, -0.2) is 42.5 Å². The second-order valence-corrected chi connectivity index (χ2v) is 6.19. The predicted molar refractivity (Wildman–Crippen MR) is 86.6 cm³/mol. The van der Waals surface area contributed by atoms with Gasteiger partial charge < -0.3 is 15.2 Å². The number of halogens is 4. The van der Waals surface area contributed by atoms with E-state index in [1.807, 2.05) is 0 Å². The number of aromatic hydroxyl groups is 1. The first-order valence-corrected chi connectivity index (χ1v) is 7.97. The summed E-state index contributed by atoms with van der Waals surface area (Å²) in [5.74, 6) is 0.139. The van der Waals surface area contributed by atoms with E-state index in [0.29, 0.717) is 11.5 Å². The van der Waals surface area contributed by atoms with Crippen LogP contribution in [0.3, 0.4) is 0 Å². The maximum atomic E-state index is 12.5. The van der Waals surface area contributed by atoms with E-state index in [1.165, 1.54) is 12.1 Å². The molecule has 1 aliphatic carbocycles. The van der Waals surface area contributed by atoms with E-state index in [1.54, 1.807) is 0 Å². The molecule has 4 nitrogen and oxygen atoms in total. The van der Waals surface area contributed by atoms with Crippen molar-refractivity contribution in [1.29, 1.82) is 0 Å². The van der Waals surface area contributed by atoms with E-state index in [9.17, 15) is 18.3 Å². The summed E-state index contributed by atoms with van der Waals surface area (Å²) < 4.78 is 41.4. The third-order valence-corrected chi connectivity index (χ3v) is 4.69. The minimum absolute atomic E-state index is 0. The number of hydrogen-bond donors (Lipinski definition) is 2. The molecule has 1 aromatic rings. The van der Waals surface area contributed by atoms with Crippen LogP contribution >= 0.6 is 12.4 Å². The van der Waals surface area contributed by atoms with Gasteiger partial charge in [-0.05, 0) is 37.0 Å². The molecule has 2 aliphatic rings. The number of ether oxygens (including phenoxy) is 1. The Morgan fingerprint density at radius 2 is 1.88 bits per heavy atom. The van der Waals surface area contributed by atoms with Crippen LogP contribution in [0.5, 0.6) is 11.5 Å². The van der Waals surface area contributed by atoms with Crippen molar-refractivity contribution >= 4 is 12.4 Å². The molecule has 136 valence electrons. The third-order valence-electron chi connectivity index (χ3n) is 4.69. The highest BCUT2D eigenvalue weighted by Crippen LogP contribution is 2.45. The Bertz CT molecular complexity index is 547. The molecule has 1 aliphatic heterocycles. The molecule has 24 heavy (non-hydrogen) atoms. The number of alkyl halides is 3. The van der Waals surface area contributed by atoms with Gasteiger partial charge in [-0.2, -0.15) is 0 Å². The van der Waals surface area contributed by atoms with Gasteiger partial charge in [0.2, 0.25) is 0 Å². The molecule has 0 unspecified atom stereocenters. The lowest BCUT2D eigenvalue weighted by Gasteiger charge is -2.43. The Hall–Kier alpha value is -1.18. The highest BCUT2D eigenvalue weighted by molar-refractivity contribution is 5.85. The minimum Gasteiger partial charge on any atom is -0.508 e. The molecule has 8 heteroatoms. The molecule has 1 aromatic carbocycles. The van der Waals surface area contributed by atoms with E-state index >= 15 is 0 Å². The molecule has 0 amide bonds. The van der Waals surface area contributed by atoms with Crippen molar-refractivity contribution in [2.45, 2.75) is 31.7 Å². The molecule has 1 saturated heterocycles. The summed E-state index contributed by atoms with van der Waals surface area (Å²) >= 11 is 0. The number of phenolic OH excluding ortho intramolecular Hbond substituents is 1. The Morgan fingerprint density at radius 1 is 1.21 bits per heavy atom. The van der Waals surface area contributed by atoms with Crippen LogP contribution < -0.4 is 10.1 Å². The lowest BCUT2D eigenvalue weighted by Crippen LogP contribution is -2.47. The lowest BCUT2D eigenvalue weighted by atomic mass is 9.76. The van der Waals surface area contributed by atoms with E-state index in [2.05, 4.69) is 15.0 Å². The molecule has 1 atom stereocenters. The van der Waals surface area contributed by atoms with Gasteiger partial charge in [-0.15, -0.1) is 25.6 Å². The van der Waals surface area contributed by atoms with E-state index < -0.39 is 6.36 Å². The second-order valence-electron chi connectivity index (χ2n) is 6.19. The minimum atomic E-state index is -4.73. The number of benzene rings is 1. The third kappa shape index (κ3) is 4.46. The molecule has 2 N–H and O–H groups in total. The largest absolute Gasteiger partial charge is 0.573 e. The summed E-state index contributed by atoms with van der Waals surface area (Å²) in [6.07, 6.45) is -1.52. The number of nitrogens with one attached hydrogen (secondary N) is 1. The van der Waals surface area contributed by atoms with Crippen LogP contribution in [0.4, 0.5) is 13.2 Å². The summed E-state index contributed by atoms with van der Waals surface area (Å²) in [6.45, 7) is 3.35. The van der Waals surface area contributed by atoms with Gasteiger partial charge in [0.25, 0.3) is 0 Å². The molecular formula is C16H22ClF3N2O2. The number of rotatable bonds is 4. The van der Waals surface area contributed by atoms with Gasteiger partial charge >= 0.3 is 6.36 Å². The zero-order valence-electron chi connectivity index (χ0n) is 13.2. The zero-order valence-corrected chi connectivity index (χ0v) is 14.0. The van der Waals surface area contributed by atoms with Gasteiger partial charge in [0.15, 0.2) is 0 Å². The number of nitrogens with zero attached hydrogens (tertiary/aromatic N) is 1. The zero-order chi connectivity index (χ0) is 16.4. The Balaban J connectivity index is 0.00000208. The molecule has 3 rings (SSSR count). The Labute approximate surface area is 145 Å². The van der Waals surface area contributed by atoms with Crippen LogP contribution in [0.2, 0.25) is 0 Å². The second kappa shape index (κ2) is 7.80. The Kier molecular flexibility index (Phi) is 6.22. The molecule has 1 heterocycles. The molecule has 0 radical (unpaired) electrons. The number of hydrogen-bond acceptors (Lipinski definition) is 4. The summed E-state index contributed by atoms with van der Waals surface area (Å²) in [5.41, 5.74) is 0.540. The van der Waals surface area contributed by atoms with Gasteiger partial charge in [0.1, 0.15) is 11.5 Å². The van der Waals surface area contributed by atoms with Crippen molar-refractivity contribution in [2.75, 3.05) is 26.2 Å². The summed E-state index contributed by atoms with van der Waals surface area (Å²) in [4.78, 5) is 2.26. The first-order chi connectivity index (χ1) is 10.9. The lowest BCUT2D eigenvalue weighted by molar-refractivity contribution is -0.274. The van der Waals surface area contributed by atoms with E-state index in [-0.39, 0.29) is 29.9 Å². The average Bonchev–Trinajstić information content (AvgIpc) is 2.44. The fraction of sp³-hybridized carbons (Fsp3) is 0.625. The summed E-state index contributed by atoms with van der Waals surface area (Å²) in [5, 5.41) is 13.5. The Morgan fingerprint density at radius 3 is 2.42 bits per heavy atom. The molecule has 0 aromatic heterocycles. The maximum absolute atomic E-state index is 12.5. The fourth-order valence-electron chi connectivity index (χ4n) is 3.43. The molecular weight excluding hydrogens is 345 g/mol. The van der Waals surface area contributed by atoms with Gasteiger partial charge in [-0.1, -0.05) is 6.42 Å². The monoisotopic (exact) mass is 366 g/mol. The summed E-state index contributed by atoms with van der Waals surface area (Å²) in [7, 11) is 0. The number of phenols is 1. The van der Waals surface area contributed by atoms with E-state index in [0.717, 1.165) is 51.5 Å². The van der Waals surface area contributed by atoms with Crippen LogP contribution in [0.1, 0.15) is 30.9 Å². The smallest absolute Gasteiger partial charge is 0.508 e. The van der Waals surface area contributed by atoms with E-state index in [4.69, 9.17) is 0 Å². The van der Waals surface area contributed by atoms with Gasteiger partial charge in [0, 0.05) is 37.8 Å². The summed E-state index contributed by atoms with van der Waals surface area (Å²) in [6, 6.07) is 3.74. The first-order valence-electron chi connectivity index (χ1n) is 7.97.